The molecule has 6 heteroatoms. The molecule has 1 amide bonds. The van der Waals surface area contributed by atoms with E-state index in [1.165, 1.54) is 0 Å². The van der Waals surface area contributed by atoms with Gasteiger partial charge < -0.3 is 4.90 Å². The molecule has 0 radical (unpaired) electrons. The maximum absolute atomic E-state index is 12.0. The second kappa shape index (κ2) is 5.01. The predicted molar refractivity (Wildman–Crippen MR) is 64.9 cm³/mol. The number of rotatable bonds is 2. The van der Waals surface area contributed by atoms with Crippen molar-refractivity contribution < 1.29 is 4.79 Å². The highest BCUT2D eigenvalue weighted by atomic mass is 35.5. The van der Waals surface area contributed by atoms with E-state index >= 15 is 0 Å². The topological polar surface area (TPSA) is 46.1 Å². The third-order valence-corrected chi connectivity index (χ3v) is 3.97. The maximum atomic E-state index is 12.0. The van der Waals surface area contributed by atoms with Crippen molar-refractivity contribution in [2.24, 2.45) is 0 Å². The fourth-order valence-corrected chi connectivity index (χ4v) is 2.97. The van der Waals surface area contributed by atoms with Crippen molar-refractivity contribution in [3.8, 4) is 0 Å². The van der Waals surface area contributed by atoms with Gasteiger partial charge in [0.15, 0.2) is 10.8 Å². The second-order valence-electron chi connectivity index (χ2n) is 3.67. The fraction of sp³-hybridized carbons (Fsp3) is 0.500. The monoisotopic (exact) mass is 257 g/mol. The first-order valence-electron chi connectivity index (χ1n) is 5.02. The Morgan fingerprint density at radius 3 is 2.94 bits per heavy atom. The molecule has 1 aliphatic rings. The first-order chi connectivity index (χ1) is 7.68. The highest BCUT2D eigenvalue weighted by Gasteiger charge is 2.25. The molecule has 0 N–H and O–H groups in total. The van der Waals surface area contributed by atoms with Crippen LogP contribution in [0.25, 0.3) is 0 Å². The lowest BCUT2D eigenvalue weighted by Gasteiger charge is -2.22. The van der Waals surface area contributed by atoms with Gasteiger partial charge in [-0.25, -0.2) is 0 Å². The number of amides is 1. The highest BCUT2D eigenvalue weighted by Crippen LogP contribution is 2.22. The van der Waals surface area contributed by atoms with Crippen LogP contribution in [-0.4, -0.2) is 45.6 Å². The van der Waals surface area contributed by atoms with Crippen molar-refractivity contribution in [1.29, 1.82) is 0 Å². The molecule has 1 fully saturated rings. The van der Waals surface area contributed by atoms with Crippen molar-refractivity contribution in [2.45, 2.75) is 12.5 Å². The van der Waals surface area contributed by atoms with Crippen molar-refractivity contribution >= 4 is 29.3 Å². The second-order valence-corrected chi connectivity index (χ2v) is 5.21. The summed E-state index contributed by atoms with van der Waals surface area (Å²) in [5.74, 6) is 2.04. The van der Waals surface area contributed by atoms with E-state index < -0.39 is 0 Å². The Balaban J connectivity index is 2.08. The molecule has 4 nitrogen and oxygen atoms in total. The number of aromatic nitrogens is 2. The normalized spacial score (nSPS) is 19.8. The Labute approximate surface area is 103 Å². The largest absolute Gasteiger partial charge is 0.336 e. The molecule has 2 rings (SSSR count). The summed E-state index contributed by atoms with van der Waals surface area (Å²) >= 11 is 7.50. The summed E-state index contributed by atoms with van der Waals surface area (Å²) < 4.78 is 0. The molecule has 1 saturated heterocycles. The van der Waals surface area contributed by atoms with Gasteiger partial charge in [0.05, 0.1) is 0 Å². The molecule has 16 heavy (non-hydrogen) atoms. The summed E-state index contributed by atoms with van der Waals surface area (Å²) in [5.41, 5.74) is 0.351. The van der Waals surface area contributed by atoms with E-state index in [2.05, 4.69) is 10.2 Å². The van der Waals surface area contributed by atoms with Gasteiger partial charge in [0.1, 0.15) is 0 Å². The van der Waals surface area contributed by atoms with Crippen LogP contribution in [0.2, 0.25) is 5.15 Å². The predicted octanol–water partition coefficient (Wildman–Crippen LogP) is 1.71. The van der Waals surface area contributed by atoms with E-state index in [4.69, 9.17) is 11.6 Å². The van der Waals surface area contributed by atoms with Crippen molar-refractivity contribution in [3.05, 3.63) is 23.0 Å². The zero-order valence-corrected chi connectivity index (χ0v) is 10.5. The molecule has 1 atom stereocenters. The molecule has 1 aromatic heterocycles. The summed E-state index contributed by atoms with van der Waals surface area (Å²) in [4.78, 5) is 13.8. The molecule has 1 unspecified atom stereocenters. The van der Waals surface area contributed by atoms with Crippen LogP contribution in [0.1, 0.15) is 16.9 Å². The first-order valence-corrected chi connectivity index (χ1v) is 6.56. The number of halogens is 1. The lowest BCUT2D eigenvalue weighted by Crippen LogP contribution is -2.37. The standard InChI is InChI=1S/C10H12ClN3OS/c1-14(7-4-5-16-6-7)10(15)8-2-3-9(11)13-12-8/h2-3,7H,4-6H2,1H3. The first kappa shape index (κ1) is 11.7. The molecule has 1 aromatic rings. The van der Waals surface area contributed by atoms with E-state index in [1.54, 1.807) is 17.0 Å². The Morgan fingerprint density at radius 1 is 1.56 bits per heavy atom. The molecule has 0 spiro atoms. The fourth-order valence-electron chi connectivity index (χ4n) is 1.60. The molecule has 1 aliphatic heterocycles. The lowest BCUT2D eigenvalue weighted by atomic mass is 10.2. The molecular weight excluding hydrogens is 246 g/mol. The third kappa shape index (κ3) is 2.47. The van der Waals surface area contributed by atoms with Crippen LogP contribution < -0.4 is 0 Å². The van der Waals surface area contributed by atoms with Gasteiger partial charge in [0.2, 0.25) is 0 Å². The molecule has 0 aromatic carbocycles. The highest BCUT2D eigenvalue weighted by molar-refractivity contribution is 7.99. The minimum absolute atomic E-state index is 0.0864. The lowest BCUT2D eigenvalue weighted by molar-refractivity contribution is 0.0740. The van der Waals surface area contributed by atoms with Crippen LogP contribution >= 0.6 is 23.4 Å². The van der Waals surface area contributed by atoms with Gasteiger partial charge in [0.25, 0.3) is 5.91 Å². The minimum atomic E-state index is -0.0864. The number of hydrogen-bond acceptors (Lipinski definition) is 4. The van der Waals surface area contributed by atoms with Gasteiger partial charge in [0, 0.05) is 18.8 Å². The van der Waals surface area contributed by atoms with Crippen molar-refractivity contribution in [1.82, 2.24) is 15.1 Å². The van der Waals surface area contributed by atoms with Crippen LogP contribution in [-0.2, 0) is 0 Å². The quantitative estimate of drug-likeness (QED) is 0.809. The van der Waals surface area contributed by atoms with Gasteiger partial charge in [-0.15, -0.1) is 10.2 Å². The molecule has 0 bridgehead atoms. The van der Waals surface area contributed by atoms with Gasteiger partial charge in [-0.05, 0) is 24.3 Å². The molecule has 86 valence electrons. The van der Waals surface area contributed by atoms with Crippen LogP contribution in [0, 0.1) is 0 Å². The molecule has 2 heterocycles. The van der Waals surface area contributed by atoms with Crippen LogP contribution in [0.15, 0.2) is 12.1 Å². The number of hydrogen-bond donors (Lipinski definition) is 0. The number of carbonyl (C=O) groups is 1. The van der Waals surface area contributed by atoms with Crippen LogP contribution in [0.3, 0.4) is 0 Å². The smallest absolute Gasteiger partial charge is 0.274 e. The van der Waals surface area contributed by atoms with Crippen molar-refractivity contribution in [2.75, 3.05) is 18.6 Å². The van der Waals surface area contributed by atoms with Gasteiger partial charge in [-0.1, -0.05) is 11.6 Å². The Morgan fingerprint density at radius 2 is 2.38 bits per heavy atom. The van der Waals surface area contributed by atoms with Crippen LogP contribution in [0.5, 0.6) is 0 Å². The average molecular weight is 258 g/mol. The third-order valence-electron chi connectivity index (χ3n) is 2.62. The van der Waals surface area contributed by atoms with E-state index in [0.717, 1.165) is 17.9 Å². The number of carbonyl (C=O) groups excluding carboxylic acids is 1. The molecule has 0 saturated carbocycles. The minimum Gasteiger partial charge on any atom is -0.336 e. The Bertz CT molecular complexity index is 378. The number of nitrogens with zero attached hydrogens (tertiary/aromatic N) is 3. The van der Waals surface area contributed by atoms with Gasteiger partial charge in [-0.2, -0.15) is 11.8 Å². The summed E-state index contributed by atoms with van der Waals surface area (Å²) in [7, 11) is 1.81. The summed E-state index contributed by atoms with van der Waals surface area (Å²) in [6, 6.07) is 3.50. The van der Waals surface area contributed by atoms with E-state index in [9.17, 15) is 4.79 Å². The maximum Gasteiger partial charge on any atom is 0.274 e. The zero-order chi connectivity index (χ0) is 11.5. The summed E-state index contributed by atoms with van der Waals surface area (Å²) in [5, 5.41) is 7.76. The van der Waals surface area contributed by atoms with Crippen molar-refractivity contribution in [3.63, 3.8) is 0 Å². The van der Waals surface area contributed by atoms with Gasteiger partial charge >= 0.3 is 0 Å². The molecular formula is C10H12ClN3OS. The van der Waals surface area contributed by atoms with E-state index in [0.29, 0.717) is 16.9 Å². The molecule has 0 aliphatic carbocycles. The Kier molecular flexibility index (Phi) is 3.66. The zero-order valence-electron chi connectivity index (χ0n) is 8.89. The van der Waals surface area contributed by atoms with E-state index in [-0.39, 0.29) is 5.91 Å². The SMILES string of the molecule is CN(C(=O)c1ccc(Cl)nn1)C1CCSC1. The Hall–Kier alpha value is -0.810. The summed E-state index contributed by atoms with van der Waals surface area (Å²) in [6.45, 7) is 0. The van der Waals surface area contributed by atoms with Gasteiger partial charge in [-0.3, -0.25) is 4.79 Å². The summed E-state index contributed by atoms with van der Waals surface area (Å²) in [6.07, 6.45) is 1.05. The van der Waals surface area contributed by atoms with E-state index in [1.807, 2.05) is 18.8 Å². The number of thioether (sulfide) groups is 1. The average Bonchev–Trinajstić information content (AvgIpc) is 2.81. The van der Waals surface area contributed by atoms with Crippen LogP contribution in [0.4, 0.5) is 0 Å².